The van der Waals surface area contributed by atoms with Gasteiger partial charge in [0.25, 0.3) is 5.91 Å². The third kappa shape index (κ3) is 4.99. The molecule has 6 nitrogen and oxygen atoms in total. The van der Waals surface area contributed by atoms with Gasteiger partial charge in [0.15, 0.2) is 11.5 Å². The third-order valence-corrected chi connectivity index (χ3v) is 6.59. The largest absolute Gasteiger partial charge is 0.493 e. The van der Waals surface area contributed by atoms with Gasteiger partial charge in [-0.25, -0.2) is 0 Å². The van der Waals surface area contributed by atoms with Gasteiger partial charge in [-0.05, 0) is 72.1 Å². The van der Waals surface area contributed by atoms with Crippen LogP contribution in [0.25, 0.3) is 0 Å². The van der Waals surface area contributed by atoms with Crippen molar-refractivity contribution in [2.45, 2.75) is 12.5 Å². The summed E-state index contributed by atoms with van der Waals surface area (Å²) in [5, 5.41) is 0. The Morgan fingerprint density at radius 3 is 2.38 bits per heavy atom. The summed E-state index contributed by atoms with van der Waals surface area (Å²) in [6.07, 6.45) is 0.726. The molecule has 0 saturated heterocycles. The highest BCUT2D eigenvalue weighted by Gasteiger charge is 2.33. The van der Waals surface area contributed by atoms with Gasteiger partial charge < -0.3 is 24.0 Å². The molecule has 1 amide bonds. The summed E-state index contributed by atoms with van der Waals surface area (Å²) in [6.45, 7) is 0.908. The van der Waals surface area contributed by atoms with Crippen molar-refractivity contribution < 1.29 is 19.0 Å². The molecule has 7 heteroatoms. The molecular formula is C27H29BrN2O4. The van der Waals surface area contributed by atoms with Crippen molar-refractivity contribution in [1.82, 2.24) is 4.90 Å². The lowest BCUT2D eigenvalue weighted by Gasteiger charge is -2.37. The molecule has 1 unspecified atom stereocenters. The van der Waals surface area contributed by atoms with Crippen molar-refractivity contribution in [3.8, 4) is 17.2 Å². The lowest BCUT2D eigenvalue weighted by molar-refractivity contribution is 0.0589. The summed E-state index contributed by atoms with van der Waals surface area (Å²) < 4.78 is 18.2. The summed E-state index contributed by atoms with van der Waals surface area (Å²) in [4.78, 5) is 17.5. The van der Waals surface area contributed by atoms with Crippen LogP contribution in [-0.4, -0.2) is 52.3 Å². The van der Waals surface area contributed by atoms with E-state index in [9.17, 15) is 4.79 Å². The number of carbonyl (C=O) groups is 1. The lowest BCUT2D eigenvalue weighted by Crippen LogP contribution is -2.42. The predicted molar refractivity (Wildman–Crippen MR) is 137 cm³/mol. The Kier molecular flexibility index (Phi) is 7.32. The lowest BCUT2D eigenvalue weighted by atomic mass is 9.91. The van der Waals surface area contributed by atoms with E-state index in [4.69, 9.17) is 14.2 Å². The standard InChI is InChI=1S/C27H29BrN2O4/c1-29(2)21-8-10-22(11-9-21)34-17-24-23-16-26(33-4)25(32-3)15-18(23)12-13-30(24)27(31)19-6-5-7-20(28)14-19/h5-11,14-16,24H,12-13,17H2,1-4H3. The van der Waals surface area contributed by atoms with Crippen molar-refractivity contribution in [2.24, 2.45) is 0 Å². The molecule has 0 spiro atoms. The summed E-state index contributed by atoms with van der Waals surface area (Å²) in [5.74, 6) is 2.05. The second-order valence-corrected chi connectivity index (χ2v) is 9.30. The molecule has 1 aliphatic heterocycles. The first-order valence-corrected chi connectivity index (χ1v) is 11.9. The zero-order chi connectivity index (χ0) is 24.2. The molecule has 0 aliphatic carbocycles. The van der Waals surface area contributed by atoms with Crippen LogP contribution in [0.3, 0.4) is 0 Å². The molecule has 178 valence electrons. The maximum atomic E-state index is 13.6. The zero-order valence-corrected chi connectivity index (χ0v) is 21.5. The first kappa shape index (κ1) is 24.0. The highest BCUT2D eigenvalue weighted by molar-refractivity contribution is 9.10. The molecule has 3 aromatic rings. The number of anilines is 1. The van der Waals surface area contributed by atoms with Crippen LogP contribution in [0.2, 0.25) is 0 Å². The van der Waals surface area contributed by atoms with Gasteiger partial charge in [0.2, 0.25) is 0 Å². The molecule has 3 aromatic carbocycles. The van der Waals surface area contributed by atoms with Crippen LogP contribution in [0.4, 0.5) is 5.69 Å². The highest BCUT2D eigenvalue weighted by atomic mass is 79.9. The van der Waals surface area contributed by atoms with E-state index in [0.717, 1.165) is 33.5 Å². The van der Waals surface area contributed by atoms with E-state index in [1.807, 2.05) is 84.6 Å². The number of nitrogens with zero attached hydrogens (tertiary/aromatic N) is 2. The fourth-order valence-corrected chi connectivity index (χ4v) is 4.65. The van der Waals surface area contributed by atoms with E-state index in [2.05, 4.69) is 15.9 Å². The molecule has 1 aliphatic rings. The van der Waals surface area contributed by atoms with E-state index in [1.165, 1.54) is 0 Å². The minimum Gasteiger partial charge on any atom is -0.493 e. The van der Waals surface area contributed by atoms with Gasteiger partial charge in [-0.1, -0.05) is 22.0 Å². The van der Waals surface area contributed by atoms with Gasteiger partial charge >= 0.3 is 0 Å². The van der Waals surface area contributed by atoms with Crippen LogP contribution in [0, 0.1) is 0 Å². The van der Waals surface area contributed by atoms with E-state index < -0.39 is 0 Å². The average Bonchev–Trinajstić information content (AvgIpc) is 2.86. The van der Waals surface area contributed by atoms with Gasteiger partial charge in [0.05, 0.1) is 20.3 Å². The molecule has 0 fully saturated rings. The molecule has 1 atom stereocenters. The molecule has 1 heterocycles. The Labute approximate surface area is 209 Å². The fourth-order valence-electron chi connectivity index (χ4n) is 4.25. The van der Waals surface area contributed by atoms with Crippen LogP contribution in [0.1, 0.15) is 27.5 Å². The molecule has 0 radical (unpaired) electrons. The third-order valence-electron chi connectivity index (χ3n) is 6.10. The number of rotatable bonds is 7. The van der Waals surface area contributed by atoms with Crippen LogP contribution < -0.4 is 19.1 Å². The Balaban J connectivity index is 1.68. The predicted octanol–water partition coefficient (Wildman–Crippen LogP) is 5.35. The molecular weight excluding hydrogens is 496 g/mol. The van der Waals surface area contributed by atoms with Crippen molar-refractivity contribution in [3.05, 3.63) is 81.8 Å². The normalized spacial score (nSPS) is 14.9. The first-order valence-electron chi connectivity index (χ1n) is 11.1. The van der Waals surface area contributed by atoms with Crippen molar-refractivity contribution in [1.29, 1.82) is 0 Å². The van der Waals surface area contributed by atoms with E-state index in [-0.39, 0.29) is 11.9 Å². The summed E-state index contributed by atoms with van der Waals surface area (Å²) in [6, 6.07) is 19.1. The summed E-state index contributed by atoms with van der Waals surface area (Å²) >= 11 is 3.48. The summed E-state index contributed by atoms with van der Waals surface area (Å²) in [5.41, 5.74) is 3.88. The number of methoxy groups -OCH3 is 2. The number of halogens is 1. The molecule has 0 bridgehead atoms. The second-order valence-electron chi connectivity index (χ2n) is 8.38. The minimum atomic E-state index is -0.274. The SMILES string of the molecule is COc1cc2c(cc1OC)C(COc1ccc(N(C)C)cc1)N(C(=O)c1cccc(Br)c1)CC2. The smallest absolute Gasteiger partial charge is 0.254 e. The quantitative estimate of drug-likeness (QED) is 0.416. The van der Waals surface area contributed by atoms with Gasteiger partial charge in [0.1, 0.15) is 12.4 Å². The monoisotopic (exact) mass is 524 g/mol. The zero-order valence-electron chi connectivity index (χ0n) is 19.9. The van der Waals surface area contributed by atoms with E-state index >= 15 is 0 Å². The van der Waals surface area contributed by atoms with Gasteiger partial charge in [0, 0.05) is 36.4 Å². The Morgan fingerprint density at radius 2 is 1.74 bits per heavy atom. The average molecular weight is 525 g/mol. The fraction of sp³-hybridized carbons (Fsp3) is 0.296. The number of amides is 1. The van der Waals surface area contributed by atoms with Gasteiger partial charge in [-0.15, -0.1) is 0 Å². The van der Waals surface area contributed by atoms with E-state index in [1.54, 1.807) is 14.2 Å². The van der Waals surface area contributed by atoms with Gasteiger partial charge in [-0.2, -0.15) is 0 Å². The van der Waals surface area contributed by atoms with Crippen molar-refractivity contribution in [2.75, 3.05) is 46.4 Å². The van der Waals surface area contributed by atoms with E-state index in [0.29, 0.717) is 30.2 Å². The number of benzene rings is 3. The highest BCUT2D eigenvalue weighted by Crippen LogP contribution is 2.39. The Hall–Kier alpha value is -3.19. The van der Waals surface area contributed by atoms with Crippen molar-refractivity contribution in [3.63, 3.8) is 0 Å². The molecule has 0 aromatic heterocycles. The number of ether oxygens (including phenoxy) is 3. The maximum Gasteiger partial charge on any atom is 0.254 e. The van der Waals surface area contributed by atoms with Crippen LogP contribution in [0.15, 0.2) is 65.1 Å². The number of hydrogen-bond donors (Lipinski definition) is 0. The molecule has 0 N–H and O–H groups in total. The molecule has 34 heavy (non-hydrogen) atoms. The Bertz CT molecular complexity index is 1160. The first-order chi connectivity index (χ1) is 16.4. The van der Waals surface area contributed by atoms with Crippen LogP contribution in [0.5, 0.6) is 17.2 Å². The number of fused-ring (bicyclic) bond motifs is 1. The van der Waals surface area contributed by atoms with Gasteiger partial charge in [-0.3, -0.25) is 4.79 Å². The maximum absolute atomic E-state index is 13.6. The van der Waals surface area contributed by atoms with Crippen LogP contribution >= 0.6 is 15.9 Å². The number of carbonyl (C=O) groups excluding carboxylic acids is 1. The summed E-state index contributed by atoms with van der Waals surface area (Å²) in [7, 11) is 7.26. The second kappa shape index (κ2) is 10.4. The van der Waals surface area contributed by atoms with Crippen LogP contribution in [-0.2, 0) is 6.42 Å². The number of hydrogen-bond acceptors (Lipinski definition) is 5. The van der Waals surface area contributed by atoms with Crippen molar-refractivity contribution >= 4 is 27.5 Å². The Morgan fingerprint density at radius 1 is 1.03 bits per heavy atom. The molecule has 4 rings (SSSR count). The molecule has 0 saturated carbocycles. The minimum absolute atomic E-state index is 0.0294. The topological polar surface area (TPSA) is 51.2 Å².